The third-order valence-electron chi connectivity index (χ3n) is 3.67. The number of hydrogen-bond acceptors (Lipinski definition) is 3. The summed E-state index contributed by atoms with van der Waals surface area (Å²) in [4.78, 5) is 0. The summed E-state index contributed by atoms with van der Waals surface area (Å²) in [6, 6.07) is 10.8. The second kappa shape index (κ2) is 5.34. The number of hydrogen-bond donors (Lipinski definition) is 1. The molecule has 1 saturated carbocycles. The van der Waals surface area contributed by atoms with Gasteiger partial charge in [-0.3, -0.25) is 0 Å². The minimum absolute atomic E-state index is 0.631. The third kappa shape index (κ3) is 2.72. The van der Waals surface area contributed by atoms with Crippen LogP contribution in [0.15, 0.2) is 36.5 Å². The molecule has 1 aromatic heterocycles. The number of aromatic nitrogens is 2. The quantitative estimate of drug-likeness (QED) is 0.895. The van der Waals surface area contributed by atoms with Crippen LogP contribution >= 0.6 is 0 Å². The first-order valence-electron chi connectivity index (χ1n) is 6.76. The predicted octanol–water partition coefficient (Wildman–Crippen LogP) is 2.90. The van der Waals surface area contributed by atoms with Crippen LogP contribution in [0.2, 0.25) is 0 Å². The van der Waals surface area contributed by atoms with Crippen molar-refractivity contribution in [1.82, 2.24) is 9.78 Å². The zero-order valence-corrected chi connectivity index (χ0v) is 11.2. The van der Waals surface area contributed by atoms with Gasteiger partial charge >= 0.3 is 0 Å². The van der Waals surface area contributed by atoms with Gasteiger partial charge in [-0.05, 0) is 37.0 Å². The van der Waals surface area contributed by atoms with Crippen LogP contribution in [0.5, 0.6) is 5.75 Å². The maximum absolute atomic E-state index is 5.17. The number of anilines is 1. The first kappa shape index (κ1) is 12.1. The Labute approximate surface area is 113 Å². The van der Waals surface area contributed by atoms with Crippen molar-refractivity contribution in [3.63, 3.8) is 0 Å². The molecule has 0 bridgehead atoms. The molecule has 1 aliphatic carbocycles. The molecule has 19 heavy (non-hydrogen) atoms. The SMILES string of the molecule is COc1ccc(Cn2nccc2NC2CCC2)cc1. The van der Waals surface area contributed by atoms with Gasteiger partial charge in [-0.1, -0.05) is 12.1 Å². The van der Waals surface area contributed by atoms with Crippen molar-refractivity contribution in [2.45, 2.75) is 31.8 Å². The van der Waals surface area contributed by atoms with E-state index in [1.54, 1.807) is 7.11 Å². The van der Waals surface area contributed by atoms with Crippen LogP contribution in [-0.2, 0) is 6.54 Å². The smallest absolute Gasteiger partial charge is 0.124 e. The van der Waals surface area contributed by atoms with Gasteiger partial charge in [0.25, 0.3) is 0 Å². The molecule has 1 aromatic carbocycles. The molecule has 0 unspecified atom stereocenters. The summed E-state index contributed by atoms with van der Waals surface area (Å²) in [6.07, 6.45) is 5.73. The van der Waals surface area contributed by atoms with Crippen LogP contribution in [0.3, 0.4) is 0 Å². The van der Waals surface area contributed by atoms with Gasteiger partial charge in [0.2, 0.25) is 0 Å². The van der Waals surface area contributed by atoms with Gasteiger partial charge in [-0.2, -0.15) is 5.10 Å². The number of methoxy groups -OCH3 is 1. The molecule has 0 atom stereocenters. The molecule has 1 N–H and O–H groups in total. The van der Waals surface area contributed by atoms with Gasteiger partial charge < -0.3 is 10.1 Å². The summed E-state index contributed by atoms with van der Waals surface area (Å²) in [5.74, 6) is 2.00. The highest BCUT2D eigenvalue weighted by molar-refractivity contribution is 5.37. The lowest BCUT2D eigenvalue weighted by molar-refractivity contribution is 0.414. The van der Waals surface area contributed by atoms with Crippen LogP contribution in [0.25, 0.3) is 0 Å². The lowest BCUT2D eigenvalue weighted by atomic mass is 9.93. The van der Waals surface area contributed by atoms with Gasteiger partial charge in [0.15, 0.2) is 0 Å². The fourth-order valence-electron chi connectivity index (χ4n) is 2.25. The van der Waals surface area contributed by atoms with E-state index >= 15 is 0 Å². The topological polar surface area (TPSA) is 39.1 Å². The second-order valence-corrected chi connectivity index (χ2v) is 4.99. The summed E-state index contributed by atoms with van der Waals surface area (Å²) in [6.45, 7) is 0.784. The Balaban J connectivity index is 1.69. The average Bonchev–Trinajstić information content (AvgIpc) is 2.82. The van der Waals surface area contributed by atoms with Crippen molar-refractivity contribution in [3.05, 3.63) is 42.1 Å². The van der Waals surface area contributed by atoms with E-state index in [-0.39, 0.29) is 0 Å². The number of nitrogens with zero attached hydrogens (tertiary/aromatic N) is 2. The Bertz CT molecular complexity index is 529. The Morgan fingerprint density at radius 2 is 2.05 bits per heavy atom. The second-order valence-electron chi connectivity index (χ2n) is 4.99. The zero-order chi connectivity index (χ0) is 13.1. The molecular weight excluding hydrogens is 238 g/mol. The zero-order valence-electron chi connectivity index (χ0n) is 11.2. The molecule has 1 heterocycles. The number of benzene rings is 1. The maximum atomic E-state index is 5.17. The molecule has 2 aromatic rings. The van der Waals surface area contributed by atoms with Gasteiger partial charge in [-0.25, -0.2) is 4.68 Å². The molecule has 1 fully saturated rings. The van der Waals surface area contributed by atoms with Crippen molar-refractivity contribution in [3.8, 4) is 5.75 Å². The van der Waals surface area contributed by atoms with Gasteiger partial charge in [0.1, 0.15) is 11.6 Å². The highest BCUT2D eigenvalue weighted by atomic mass is 16.5. The van der Waals surface area contributed by atoms with E-state index in [9.17, 15) is 0 Å². The predicted molar refractivity (Wildman–Crippen MR) is 75.6 cm³/mol. The van der Waals surface area contributed by atoms with E-state index < -0.39 is 0 Å². The fourth-order valence-corrected chi connectivity index (χ4v) is 2.25. The molecule has 3 rings (SSSR count). The van der Waals surface area contributed by atoms with E-state index in [0.717, 1.165) is 18.1 Å². The molecule has 0 amide bonds. The molecule has 0 radical (unpaired) electrons. The summed E-state index contributed by atoms with van der Waals surface area (Å²) < 4.78 is 7.18. The molecule has 1 aliphatic rings. The Morgan fingerprint density at radius 3 is 2.68 bits per heavy atom. The molecule has 0 saturated heterocycles. The third-order valence-corrected chi connectivity index (χ3v) is 3.67. The maximum Gasteiger partial charge on any atom is 0.124 e. The summed E-state index contributed by atoms with van der Waals surface area (Å²) >= 11 is 0. The van der Waals surface area contributed by atoms with E-state index in [1.165, 1.54) is 24.8 Å². The van der Waals surface area contributed by atoms with Crippen molar-refractivity contribution < 1.29 is 4.74 Å². The van der Waals surface area contributed by atoms with Gasteiger partial charge in [0.05, 0.1) is 19.9 Å². The highest BCUT2D eigenvalue weighted by Gasteiger charge is 2.18. The molecular formula is C15H19N3O. The van der Waals surface area contributed by atoms with Crippen molar-refractivity contribution in [2.24, 2.45) is 0 Å². The van der Waals surface area contributed by atoms with E-state index in [1.807, 2.05) is 29.1 Å². The summed E-state index contributed by atoms with van der Waals surface area (Å²) in [5, 5.41) is 7.93. The normalized spacial score (nSPS) is 15.0. The lowest BCUT2D eigenvalue weighted by Gasteiger charge is -2.27. The van der Waals surface area contributed by atoms with Crippen LogP contribution in [0.4, 0.5) is 5.82 Å². The van der Waals surface area contributed by atoms with Crippen LogP contribution in [-0.4, -0.2) is 22.9 Å². The first-order chi connectivity index (χ1) is 9.35. The Kier molecular flexibility index (Phi) is 3.40. The molecule has 4 nitrogen and oxygen atoms in total. The molecule has 4 heteroatoms. The summed E-state index contributed by atoms with van der Waals surface area (Å²) in [7, 11) is 1.68. The Hall–Kier alpha value is -1.97. The van der Waals surface area contributed by atoms with E-state index in [4.69, 9.17) is 4.74 Å². The van der Waals surface area contributed by atoms with Crippen LogP contribution in [0, 0.1) is 0 Å². The van der Waals surface area contributed by atoms with Gasteiger partial charge in [0, 0.05) is 12.1 Å². The molecule has 100 valence electrons. The van der Waals surface area contributed by atoms with Crippen molar-refractivity contribution >= 4 is 5.82 Å². The minimum atomic E-state index is 0.631. The number of nitrogens with one attached hydrogen (secondary N) is 1. The lowest BCUT2D eigenvalue weighted by Crippen LogP contribution is -2.28. The van der Waals surface area contributed by atoms with Crippen molar-refractivity contribution in [2.75, 3.05) is 12.4 Å². The summed E-state index contributed by atoms with van der Waals surface area (Å²) in [5.41, 5.74) is 1.22. The monoisotopic (exact) mass is 257 g/mol. The van der Waals surface area contributed by atoms with Crippen LogP contribution in [0.1, 0.15) is 24.8 Å². The van der Waals surface area contributed by atoms with Crippen LogP contribution < -0.4 is 10.1 Å². The Morgan fingerprint density at radius 1 is 1.26 bits per heavy atom. The molecule has 0 spiro atoms. The van der Waals surface area contributed by atoms with E-state index in [2.05, 4.69) is 22.5 Å². The standard InChI is InChI=1S/C15H19N3O/c1-19-14-7-5-12(6-8-14)11-18-15(9-10-16-18)17-13-3-2-4-13/h5-10,13,17H,2-4,11H2,1H3. The largest absolute Gasteiger partial charge is 0.497 e. The highest BCUT2D eigenvalue weighted by Crippen LogP contribution is 2.23. The molecule has 0 aliphatic heterocycles. The first-order valence-corrected chi connectivity index (χ1v) is 6.76. The van der Waals surface area contributed by atoms with Crippen molar-refractivity contribution in [1.29, 1.82) is 0 Å². The number of ether oxygens (including phenoxy) is 1. The van der Waals surface area contributed by atoms with E-state index in [0.29, 0.717) is 6.04 Å². The fraction of sp³-hybridized carbons (Fsp3) is 0.400. The number of rotatable bonds is 5. The average molecular weight is 257 g/mol. The minimum Gasteiger partial charge on any atom is -0.497 e. The van der Waals surface area contributed by atoms with Gasteiger partial charge in [-0.15, -0.1) is 0 Å².